The van der Waals surface area contributed by atoms with Gasteiger partial charge in [-0.25, -0.2) is 9.37 Å². The molecule has 4 nitrogen and oxygen atoms in total. The van der Waals surface area contributed by atoms with Crippen molar-refractivity contribution < 1.29 is 35.5 Å². The second kappa shape index (κ2) is 7.81. The van der Waals surface area contributed by atoms with E-state index in [1.54, 1.807) is 0 Å². The average molecular weight is 441 g/mol. The molecule has 1 saturated heterocycles. The van der Waals surface area contributed by atoms with Gasteiger partial charge in [0, 0.05) is 24.4 Å². The lowest BCUT2D eigenvalue weighted by molar-refractivity contribution is -0.174. The molecule has 2 atom stereocenters. The number of carbonyl (C=O) groups is 1. The van der Waals surface area contributed by atoms with Gasteiger partial charge in [0.1, 0.15) is 5.82 Å². The molecular weight excluding hydrogens is 427 g/mol. The maximum Gasteiger partial charge on any atom is 0.471 e. The maximum atomic E-state index is 13.2. The zero-order chi connectivity index (χ0) is 21.4. The van der Waals surface area contributed by atoms with Crippen molar-refractivity contribution in [2.24, 2.45) is 0 Å². The van der Waals surface area contributed by atoms with Crippen molar-refractivity contribution in [1.82, 2.24) is 10.3 Å². The van der Waals surface area contributed by atoms with Crippen LogP contribution in [0.5, 0.6) is 0 Å². The number of halogens is 7. The van der Waals surface area contributed by atoms with Crippen molar-refractivity contribution in [3.63, 3.8) is 0 Å². The number of hydrogen-bond acceptors (Lipinski definition) is 4. The second-order valence-electron chi connectivity index (χ2n) is 6.48. The predicted molar refractivity (Wildman–Crippen MR) is 91.1 cm³/mol. The molecule has 3 rings (SSSR count). The largest absolute Gasteiger partial charge is 0.471 e. The Morgan fingerprint density at radius 1 is 1.14 bits per heavy atom. The Morgan fingerprint density at radius 3 is 2.34 bits per heavy atom. The number of hydrogen-bond donors (Lipinski definition) is 1. The molecular formula is C17H14F7N3OS. The topological polar surface area (TPSA) is 45.2 Å². The van der Waals surface area contributed by atoms with Crippen LogP contribution in [0.25, 0.3) is 0 Å². The van der Waals surface area contributed by atoms with Gasteiger partial charge in [-0.15, -0.1) is 11.3 Å². The van der Waals surface area contributed by atoms with E-state index in [1.807, 2.05) is 5.32 Å². The summed E-state index contributed by atoms with van der Waals surface area (Å²) < 4.78 is 89.7. The fourth-order valence-electron chi connectivity index (χ4n) is 3.17. The van der Waals surface area contributed by atoms with Crippen molar-refractivity contribution in [3.05, 3.63) is 46.7 Å². The summed E-state index contributed by atoms with van der Waals surface area (Å²) in [5.74, 6) is -3.24. The van der Waals surface area contributed by atoms with E-state index in [0.717, 1.165) is 28.8 Å². The molecule has 1 aromatic heterocycles. The highest BCUT2D eigenvalue weighted by Crippen LogP contribution is 2.36. The molecule has 1 fully saturated rings. The lowest BCUT2D eigenvalue weighted by Crippen LogP contribution is -2.54. The van der Waals surface area contributed by atoms with Crippen LogP contribution in [0.3, 0.4) is 0 Å². The first-order chi connectivity index (χ1) is 13.4. The molecule has 12 heteroatoms. The molecule has 29 heavy (non-hydrogen) atoms. The number of piperidine rings is 1. The van der Waals surface area contributed by atoms with Crippen molar-refractivity contribution in [1.29, 1.82) is 0 Å². The molecule has 0 aliphatic carbocycles. The van der Waals surface area contributed by atoms with E-state index >= 15 is 0 Å². The quantitative estimate of drug-likeness (QED) is 0.721. The van der Waals surface area contributed by atoms with Crippen LogP contribution in [0.1, 0.15) is 23.6 Å². The summed E-state index contributed by atoms with van der Waals surface area (Å²) in [5.41, 5.74) is -0.567. The van der Waals surface area contributed by atoms with E-state index in [2.05, 4.69) is 4.98 Å². The Morgan fingerprint density at radius 2 is 1.79 bits per heavy atom. The van der Waals surface area contributed by atoms with Crippen molar-refractivity contribution in [2.45, 2.75) is 30.7 Å². The maximum absolute atomic E-state index is 13.2. The zero-order valence-corrected chi connectivity index (χ0v) is 15.3. The Balaban J connectivity index is 1.84. The van der Waals surface area contributed by atoms with E-state index in [0.29, 0.717) is 5.56 Å². The monoisotopic (exact) mass is 441 g/mol. The summed E-state index contributed by atoms with van der Waals surface area (Å²) in [5, 5.41) is 2.74. The van der Waals surface area contributed by atoms with Crippen LogP contribution >= 0.6 is 11.3 Å². The Bertz CT molecular complexity index is 863. The van der Waals surface area contributed by atoms with E-state index in [9.17, 15) is 35.5 Å². The van der Waals surface area contributed by atoms with Gasteiger partial charge >= 0.3 is 18.3 Å². The van der Waals surface area contributed by atoms with Gasteiger partial charge in [-0.1, -0.05) is 12.1 Å². The molecule has 1 aromatic carbocycles. The molecule has 2 aromatic rings. The smallest absolute Gasteiger partial charge is 0.346 e. The standard InChI is InChI=1S/C17H14F7N3OS/c18-10-3-1-9(2-4-10)11-5-6-27(7-12(11)25-14(28)17(22,23)24)15-26-13(8-29-15)16(19,20)21/h1-4,8,11-12H,5-7H2,(H,25,28). The molecule has 0 saturated carbocycles. The number of benzene rings is 1. The van der Waals surface area contributed by atoms with Gasteiger partial charge in [-0.3, -0.25) is 4.79 Å². The van der Waals surface area contributed by atoms with E-state index in [-0.39, 0.29) is 24.6 Å². The molecule has 0 bridgehead atoms. The highest BCUT2D eigenvalue weighted by atomic mass is 32.1. The van der Waals surface area contributed by atoms with Gasteiger partial charge in [0.05, 0.1) is 6.04 Å². The van der Waals surface area contributed by atoms with Gasteiger partial charge in [0.25, 0.3) is 0 Å². The summed E-state index contributed by atoms with van der Waals surface area (Å²) in [7, 11) is 0. The van der Waals surface area contributed by atoms with Crippen LogP contribution in [-0.4, -0.2) is 36.2 Å². The van der Waals surface area contributed by atoms with E-state index < -0.39 is 41.7 Å². The summed E-state index contributed by atoms with van der Waals surface area (Å²) >= 11 is 0.719. The van der Waals surface area contributed by atoms with Crippen molar-refractivity contribution in [3.8, 4) is 0 Å². The van der Waals surface area contributed by atoms with Crippen LogP contribution < -0.4 is 10.2 Å². The summed E-state index contributed by atoms with van der Waals surface area (Å²) in [6.07, 6.45) is -9.51. The predicted octanol–water partition coefficient (Wildman–Crippen LogP) is 4.34. The van der Waals surface area contributed by atoms with E-state index in [4.69, 9.17) is 0 Å². The number of rotatable bonds is 3. The molecule has 0 spiro atoms. The summed E-state index contributed by atoms with van der Waals surface area (Å²) in [6.45, 7) is 0.0416. The normalized spacial score (nSPS) is 20.6. The van der Waals surface area contributed by atoms with Crippen molar-refractivity contribution >= 4 is 22.4 Å². The number of nitrogens with zero attached hydrogens (tertiary/aromatic N) is 2. The number of carbonyl (C=O) groups excluding carboxylic acids is 1. The Kier molecular flexibility index (Phi) is 5.74. The van der Waals surface area contributed by atoms with Crippen LogP contribution in [0.2, 0.25) is 0 Å². The summed E-state index contributed by atoms with van der Waals surface area (Å²) in [6, 6.07) is 4.07. The van der Waals surface area contributed by atoms with Gasteiger partial charge in [0.2, 0.25) is 0 Å². The number of aromatic nitrogens is 1. The lowest BCUT2D eigenvalue weighted by atomic mass is 9.85. The molecule has 2 unspecified atom stereocenters. The average Bonchev–Trinajstić information content (AvgIpc) is 3.12. The third kappa shape index (κ3) is 4.98. The van der Waals surface area contributed by atoms with Gasteiger partial charge in [-0.05, 0) is 24.1 Å². The SMILES string of the molecule is O=C(NC1CN(c2nc(C(F)(F)F)cs2)CCC1c1ccc(F)cc1)C(F)(F)F. The first-order valence-electron chi connectivity index (χ1n) is 8.36. The molecule has 2 heterocycles. The van der Waals surface area contributed by atoms with Gasteiger partial charge in [-0.2, -0.15) is 26.3 Å². The Hall–Kier alpha value is -2.37. The third-order valence-corrected chi connectivity index (χ3v) is 5.44. The Labute approximate surface area is 164 Å². The van der Waals surface area contributed by atoms with Crippen LogP contribution in [0.15, 0.2) is 29.6 Å². The minimum absolute atomic E-state index is 0.00105. The number of nitrogens with one attached hydrogen (secondary N) is 1. The number of amides is 1. The fourth-order valence-corrected chi connectivity index (χ4v) is 4.04. The second-order valence-corrected chi connectivity index (χ2v) is 7.32. The zero-order valence-electron chi connectivity index (χ0n) is 14.5. The number of thiazole rings is 1. The highest BCUT2D eigenvalue weighted by molar-refractivity contribution is 7.13. The number of alkyl halides is 6. The fraction of sp³-hybridized carbons (Fsp3) is 0.412. The lowest BCUT2D eigenvalue weighted by Gasteiger charge is -2.39. The van der Waals surface area contributed by atoms with Gasteiger partial charge in [0.15, 0.2) is 10.8 Å². The molecule has 1 aliphatic rings. The minimum atomic E-state index is -5.11. The first-order valence-corrected chi connectivity index (χ1v) is 9.24. The van der Waals surface area contributed by atoms with E-state index in [1.165, 1.54) is 17.0 Å². The first kappa shape index (κ1) is 21.3. The molecule has 0 radical (unpaired) electrons. The van der Waals surface area contributed by atoms with Crippen molar-refractivity contribution in [2.75, 3.05) is 18.0 Å². The molecule has 1 N–H and O–H groups in total. The highest BCUT2D eigenvalue weighted by Gasteiger charge is 2.43. The number of anilines is 1. The third-order valence-electron chi connectivity index (χ3n) is 4.54. The van der Waals surface area contributed by atoms with Crippen LogP contribution in [0.4, 0.5) is 35.9 Å². The molecule has 1 amide bonds. The molecule has 1 aliphatic heterocycles. The molecule has 158 valence electrons. The summed E-state index contributed by atoms with van der Waals surface area (Å²) in [4.78, 5) is 16.4. The van der Waals surface area contributed by atoms with Crippen LogP contribution in [-0.2, 0) is 11.0 Å². The van der Waals surface area contributed by atoms with Crippen LogP contribution in [0, 0.1) is 5.82 Å². The minimum Gasteiger partial charge on any atom is -0.346 e. The van der Waals surface area contributed by atoms with Gasteiger partial charge < -0.3 is 10.2 Å².